The van der Waals surface area contributed by atoms with Crippen molar-refractivity contribution in [2.45, 2.75) is 43.8 Å². The molecule has 0 aliphatic carbocycles. The molecule has 1 fully saturated rings. The molecule has 1 aliphatic heterocycles. The molecule has 0 unspecified atom stereocenters. The van der Waals surface area contributed by atoms with Crippen LogP contribution in [-0.4, -0.2) is 58.3 Å². The number of hydrogen-bond acceptors (Lipinski definition) is 6. The maximum Gasteiger partial charge on any atom is 0.251 e. The number of nitrogens with one attached hydrogen (secondary N) is 2. The first-order valence-corrected chi connectivity index (χ1v) is 13.6. The van der Waals surface area contributed by atoms with Crippen molar-refractivity contribution in [2.75, 3.05) is 33.0 Å². The summed E-state index contributed by atoms with van der Waals surface area (Å²) >= 11 is 12.7. The van der Waals surface area contributed by atoms with E-state index in [2.05, 4.69) is 15.5 Å². The van der Waals surface area contributed by atoms with Gasteiger partial charge in [0.1, 0.15) is 5.75 Å². The van der Waals surface area contributed by atoms with Crippen LogP contribution in [0.3, 0.4) is 0 Å². The summed E-state index contributed by atoms with van der Waals surface area (Å²) < 4.78 is 30.4. The van der Waals surface area contributed by atoms with Crippen LogP contribution in [0.25, 0.3) is 0 Å². The summed E-state index contributed by atoms with van der Waals surface area (Å²) in [6.07, 6.45) is 2.25. The molecule has 1 saturated heterocycles. The van der Waals surface area contributed by atoms with E-state index in [9.17, 15) is 13.2 Å². The normalized spacial score (nSPS) is 16.9. The van der Waals surface area contributed by atoms with Crippen LogP contribution < -0.4 is 15.4 Å². The summed E-state index contributed by atoms with van der Waals surface area (Å²) in [6, 6.07) is 8.28. The Morgan fingerprint density at radius 3 is 2.68 bits per heavy atom. The monoisotopic (exact) mass is 527 g/mol. The molecular formula is C24H31Cl2N3O4S. The van der Waals surface area contributed by atoms with Crippen molar-refractivity contribution in [1.29, 1.82) is 0 Å². The Hall–Kier alpha value is -1.84. The number of piperidine rings is 1. The van der Waals surface area contributed by atoms with E-state index < -0.39 is 9.84 Å². The van der Waals surface area contributed by atoms with E-state index in [0.717, 1.165) is 31.5 Å². The summed E-state index contributed by atoms with van der Waals surface area (Å²) in [5, 5.41) is 6.95. The lowest BCUT2D eigenvalue weighted by molar-refractivity contribution is 0.0950. The highest BCUT2D eigenvalue weighted by Gasteiger charge is 2.23. The molecule has 186 valence electrons. The number of benzene rings is 2. The van der Waals surface area contributed by atoms with Gasteiger partial charge in [0, 0.05) is 46.8 Å². The second-order valence-corrected chi connectivity index (χ2v) is 11.4. The van der Waals surface area contributed by atoms with Crippen molar-refractivity contribution in [3.8, 4) is 5.75 Å². The van der Waals surface area contributed by atoms with E-state index in [0.29, 0.717) is 39.5 Å². The van der Waals surface area contributed by atoms with Crippen molar-refractivity contribution in [2.24, 2.45) is 0 Å². The molecule has 0 aromatic heterocycles. The number of sulfone groups is 1. The van der Waals surface area contributed by atoms with Crippen molar-refractivity contribution >= 4 is 38.9 Å². The molecule has 34 heavy (non-hydrogen) atoms. The molecule has 0 saturated carbocycles. The van der Waals surface area contributed by atoms with Crippen LogP contribution in [-0.2, 0) is 22.9 Å². The number of carbonyl (C=O) groups excluding carboxylic acids is 1. The molecule has 2 aromatic rings. The number of methoxy groups -OCH3 is 1. The smallest absolute Gasteiger partial charge is 0.251 e. The number of ether oxygens (including phenoxy) is 1. The van der Waals surface area contributed by atoms with Crippen LogP contribution in [0, 0.1) is 0 Å². The van der Waals surface area contributed by atoms with Gasteiger partial charge in [0.05, 0.1) is 17.8 Å². The SMILES string of the molecule is CCS(=O)(=O)c1ccc(Cl)cc1CNC(=O)c1cc(Cl)c(CN2CCC[C@H](NC)C2)c(OC)c1. The Morgan fingerprint density at radius 2 is 2.00 bits per heavy atom. The number of rotatable bonds is 9. The third-order valence-corrected chi connectivity index (χ3v) is 8.51. The zero-order chi connectivity index (χ0) is 24.9. The van der Waals surface area contributed by atoms with Crippen molar-refractivity contribution in [1.82, 2.24) is 15.5 Å². The fraction of sp³-hybridized carbons (Fsp3) is 0.458. The first-order valence-electron chi connectivity index (χ1n) is 11.2. The van der Waals surface area contributed by atoms with E-state index in [4.69, 9.17) is 27.9 Å². The second-order valence-electron chi connectivity index (χ2n) is 8.34. The minimum atomic E-state index is -3.46. The maximum absolute atomic E-state index is 12.9. The van der Waals surface area contributed by atoms with Crippen molar-refractivity contribution in [3.05, 3.63) is 57.1 Å². The highest BCUT2D eigenvalue weighted by atomic mass is 35.5. The highest BCUT2D eigenvalue weighted by molar-refractivity contribution is 7.91. The quantitative estimate of drug-likeness (QED) is 0.513. The first-order chi connectivity index (χ1) is 16.2. The Kier molecular flexibility index (Phi) is 9.23. The Bertz CT molecular complexity index is 1140. The molecule has 1 heterocycles. The van der Waals surface area contributed by atoms with Gasteiger partial charge in [0.25, 0.3) is 5.91 Å². The number of nitrogens with zero attached hydrogens (tertiary/aromatic N) is 1. The van der Waals surface area contributed by atoms with Gasteiger partial charge < -0.3 is 15.4 Å². The summed E-state index contributed by atoms with van der Waals surface area (Å²) in [5.74, 6) is 0.108. The summed E-state index contributed by atoms with van der Waals surface area (Å²) in [5.41, 5.74) is 1.60. The van der Waals surface area contributed by atoms with E-state index in [1.54, 1.807) is 32.2 Å². The molecular weight excluding hydrogens is 497 g/mol. The zero-order valence-corrected chi connectivity index (χ0v) is 22.0. The van der Waals surface area contributed by atoms with Gasteiger partial charge in [-0.2, -0.15) is 0 Å². The van der Waals surface area contributed by atoms with Crippen molar-refractivity contribution in [3.63, 3.8) is 0 Å². The lowest BCUT2D eigenvalue weighted by Crippen LogP contribution is -2.43. The molecule has 10 heteroatoms. The largest absolute Gasteiger partial charge is 0.496 e. The lowest BCUT2D eigenvalue weighted by Gasteiger charge is -2.33. The molecule has 0 radical (unpaired) electrons. The predicted octanol–water partition coefficient (Wildman–Crippen LogP) is 3.91. The van der Waals surface area contributed by atoms with Crippen LogP contribution in [0.2, 0.25) is 10.0 Å². The van der Waals surface area contributed by atoms with Gasteiger partial charge in [-0.05, 0) is 62.3 Å². The van der Waals surface area contributed by atoms with Crippen LogP contribution in [0.5, 0.6) is 5.75 Å². The number of likely N-dealkylation sites (tertiary alicyclic amines) is 1. The molecule has 1 aliphatic rings. The topological polar surface area (TPSA) is 87.7 Å². The molecule has 1 amide bonds. The number of hydrogen-bond donors (Lipinski definition) is 2. The molecule has 3 rings (SSSR count). The molecule has 1 atom stereocenters. The molecule has 2 N–H and O–H groups in total. The van der Waals surface area contributed by atoms with Crippen LogP contribution in [0.15, 0.2) is 35.2 Å². The van der Waals surface area contributed by atoms with Gasteiger partial charge in [-0.25, -0.2) is 8.42 Å². The van der Waals surface area contributed by atoms with Crippen molar-refractivity contribution < 1.29 is 17.9 Å². The van der Waals surface area contributed by atoms with E-state index >= 15 is 0 Å². The van der Waals surface area contributed by atoms with Gasteiger partial charge in [0.2, 0.25) is 0 Å². The van der Waals surface area contributed by atoms with Crippen LogP contribution in [0.1, 0.15) is 41.3 Å². The van der Waals surface area contributed by atoms with Gasteiger partial charge in [-0.15, -0.1) is 0 Å². The summed E-state index contributed by atoms with van der Waals surface area (Å²) in [6.45, 7) is 4.10. The zero-order valence-electron chi connectivity index (χ0n) is 19.7. The molecule has 2 aromatic carbocycles. The molecule has 0 spiro atoms. The van der Waals surface area contributed by atoms with E-state index in [1.807, 2.05) is 7.05 Å². The number of likely N-dealkylation sites (N-methyl/N-ethyl adjacent to an activating group) is 1. The Morgan fingerprint density at radius 1 is 1.24 bits per heavy atom. The highest BCUT2D eigenvalue weighted by Crippen LogP contribution is 2.31. The fourth-order valence-corrected chi connectivity index (χ4v) is 5.74. The van der Waals surface area contributed by atoms with E-state index in [-0.39, 0.29) is 23.1 Å². The third kappa shape index (κ3) is 6.43. The minimum absolute atomic E-state index is 0.00876. The molecule has 7 nitrogen and oxygen atoms in total. The van der Waals surface area contributed by atoms with Crippen LogP contribution >= 0.6 is 23.2 Å². The molecule has 0 bridgehead atoms. The maximum atomic E-state index is 12.9. The van der Waals surface area contributed by atoms with Crippen LogP contribution in [0.4, 0.5) is 0 Å². The first kappa shape index (κ1) is 26.8. The van der Waals surface area contributed by atoms with Gasteiger partial charge in [0.15, 0.2) is 9.84 Å². The standard InChI is InChI=1S/C24H31Cl2N3O4S/c1-4-34(31,32)23-8-7-18(25)10-17(23)13-28-24(30)16-11-21(26)20(22(12-16)33-3)15-29-9-5-6-19(14-29)27-2/h7-8,10-12,19,27H,4-6,9,13-15H2,1-3H3,(H,28,30)/t19-/m0/s1. The average molecular weight is 529 g/mol. The number of carbonyl (C=O) groups is 1. The predicted molar refractivity (Wildman–Crippen MR) is 136 cm³/mol. The van der Waals surface area contributed by atoms with Gasteiger partial charge in [-0.3, -0.25) is 9.69 Å². The summed E-state index contributed by atoms with van der Waals surface area (Å²) in [7, 11) is 0.0628. The van der Waals surface area contributed by atoms with Gasteiger partial charge in [-0.1, -0.05) is 30.1 Å². The minimum Gasteiger partial charge on any atom is -0.496 e. The fourth-order valence-electron chi connectivity index (χ4n) is 4.16. The Balaban J connectivity index is 1.78. The third-order valence-electron chi connectivity index (χ3n) is 6.11. The number of amides is 1. The lowest BCUT2D eigenvalue weighted by atomic mass is 10.0. The summed E-state index contributed by atoms with van der Waals surface area (Å²) in [4.78, 5) is 15.4. The van der Waals surface area contributed by atoms with E-state index in [1.165, 1.54) is 12.1 Å². The number of halogens is 2. The second kappa shape index (κ2) is 11.7. The average Bonchev–Trinajstić information content (AvgIpc) is 2.83. The Labute approximate surface area is 211 Å². The van der Waals surface area contributed by atoms with Gasteiger partial charge >= 0.3 is 0 Å².